The van der Waals surface area contributed by atoms with Crippen molar-refractivity contribution in [2.75, 3.05) is 0 Å². The van der Waals surface area contributed by atoms with Crippen molar-refractivity contribution < 1.29 is 22.5 Å². The van der Waals surface area contributed by atoms with Crippen LogP contribution in [0.1, 0.15) is 13.7 Å². The largest absolute Gasteiger partial charge is 0.438 e. The molecule has 8 nitrogen and oxygen atoms in total. The quantitative estimate of drug-likeness (QED) is 0.177. The maximum atomic E-state index is 8.92. The number of furan rings is 2. The first-order valence-electron chi connectivity index (χ1n) is 32.9. The first-order chi connectivity index (χ1) is 47.2. The monoisotopic (exact) mass is 1180 g/mol. The van der Waals surface area contributed by atoms with Gasteiger partial charge >= 0.3 is 0 Å². The van der Waals surface area contributed by atoms with Crippen LogP contribution in [0.4, 0.5) is 0 Å². The SMILES string of the molecule is [2H]c1c([2H])c([2H])c(-c2nc(-n3c4ccccc4c4c5ccccc5c5sc6ccccc6c5c43)nc3oc4ccccc4c23)c([2H])c1[2H].[2H]c1c([2H])c([2H])c(-c2nc(Cl)nc3oc4ccccc4c23)c([2H])c1[2H].c1ccc2c(c1)[nH]c1c2c2ccccc2c2sc3ccccc3c12. The van der Waals surface area contributed by atoms with Gasteiger partial charge < -0.3 is 13.8 Å². The van der Waals surface area contributed by atoms with Crippen molar-refractivity contribution in [3.63, 3.8) is 0 Å². The molecule has 408 valence electrons. The van der Waals surface area contributed by atoms with E-state index in [1.54, 1.807) is 35.6 Å². The average molecular weight is 1180 g/mol. The fraction of sp³-hybridized carbons (Fsp3) is 0. The average Bonchev–Trinajstić information content (AvgIpc) is 1.54. The van der Waals surface area contributed by atoms with Crippen LogP contribution in [-0.4, -0.2) is 29.5 Å². The number of benzene rings is 12. The van der Waals surface area contributed by atoms with Crippen LogP contribution in [0.5, 0.6) is 0 Å². The van der Waals surface area contributed by atoms with E-state index in [9.17, 15) is 0 Å². The number of hydrogen-bond acceptors (Lipinski definition) is 8. The maximum Gasteiger partial charge on any atom is 0.238 e. The predicted octanol–water partition coefficient (Wildman–Crippen LogP) is 22.2. The lowest BCUT2D eigenvalue weighted by Crippen LogP contribution is -2.03. The van der Waals surface area contributed by atoms with Crippen LogP contribution in [-0.2, 0) is 0 Å². The van der Waals surface area contributed by atoms with Gasteiger partial charge in [-0.2, -0.15) is 9.97 Å². The van der Waals surface area contributed by atoms with E-state index in [0.717, 1.165) is 52.8 Å². The van der Waals surface area contributed by atoms with Gasteiger partial charge in [-0.25, -0.2) is 9.97 Å². The van der Waals surface area contributed by atoms with Crippen molar-refractivity contribution in [1.29, 1.82) is 0 Å². The molecule has 0 amide bonds. The molecule has 20 aromatic rings. The molecular weight excluding hydrogens is 1130 g/mol. The molecule has 8 heterocycles. The zero-order chi connectivity index (χ0) is 66.0. The third-order valence-electron chi connectivity index (χ3n) is 16.3. The summed E-state index contributed by atoms with van der Waals surface area (Å²) in [6.45, 7) is 0. The summed E-state index contributed by atoms with van der Waals surface area (Å²) in [5.74, 6) is 0.279. The molecule has 0 atom stereocenters. The van der Waals surface area contributed by atoms with Crippen molar-refractivity contribution in [2.45, 2.75) is 0 Å². The van der Waals surface area contributed by atoms with Gasteiger partial charge in [-0.05, 0) is 58.8 Å². The summed E-state index contributed by atoms with van der Waals surface area (Å²) in [5, 5.41) is 16.8. The molecule has 0 aliphatic carbocycles. The van der Waals surface area contributed by atoms with Crippen molar-refractivity contribution >= 4 is 184 Å². The van der Waals surface area contributed by atoms with Crippen LogP contribution in [0.15, 0.2) is 263 Å². The third-order valence-corrected chi connectivity index (χ3v) is 18.8. The molecule has 0 unspecified atom stereocenters. The fourth-order valence-corrected chi connectivity index (χ4v) is 15.4. The lowest BCUT2D eigenvalue weighted by molar-refractivity contribution is 0.651. The Labute approximate surface area is 521 Å². The second-order valence-corrected chi connectivity index (χ2v) is 23.4. The summed E-state index contributed by atoms with van der Waals surface area (Å²) in [7, 11) is 0. The highest BCUT2D eigenvalue weighted by atomic mass is 35.5. The molecule has 20 rings (SSSR count). The highest BCUT2D eigenvalue weighted by molar-refractivity contribution is 7.27. The Hall–Kier alpha value is -10.8. The second kappa shape index (κ2) is 19.7. The number of nitrogens with zero attached hydrogens (tertiary/aromatic N) is 5. The fourth-order valence-electron chi connectivity index (χ4n) is 12.7. The summed E-state index contributed by atoms with van der Waals surface area (Å²) in [4.78, 5) is 22.1. The summed E-state index contributed by atoms with van der Waals surface area (Å²) in [6, 6.07) is 61.7. The molecule has 0 saturated carbocycles. The number of fused-ring (bicyclic) bond motifs is 26. The normalized spacial score (nSPS) is 13.6. The topological polar surface area (TPSA) is 98.6 Å². The highest BCUT2D eigenvalue weighted by Crippen LogP contribution is 2.49. The Morgan fingerprint density at radius 2 is 0.851 bits per heavy atom. The molecule has 0 aliphatic rings. The Morgan fingerprint density at radius 3 is 1.47 bits per heavy atom. The summed E-state index contributed by atoms with van der Waals surface area (Å²) in [6.07, 6.45) is 0. The minimum atomic E-state index is -0.466. The minimum absolute atomic E-state index is 0.00134. The summed E-state index contributed by atoms with van der Waals surface area (Å²) in [5.41, 5.74) is 6.19. The van der Waals surface area contributed by atoms with Crippen LogP contribution in [0.25, 0.3) is 178 Å². The van der Waals surface area contributed by atoms with Gasteiger partial charge in [-0.3, -0.25) is 4.57 Å². The third kappa shape index (κ3) is 7.68. The number of rotatable bonds is 3. The minimum Gasteiger partial charge on any atom is -0.438 e. The molecule has 8 aromatic heterocycles. The number of nitrogens with one attached hydrogen (secondary N) is 1. The smallest absolute Gasteiger partial charge is 0.238 e. The van der Waals surface area contributed by atoms with Gasteiger partial charge in [0.2, 0.25) is 22.7 Å². The van der Waals surface area contributed by atoms with E-state index in [0.29, 0.717) is 32.7 Å². The van der Waals surface area contributed by atoms with Gasteiger partial charge in [0.1, 0.15) is 11.2 Å². The van der Waals surface area contributed by atoms with Gasteiger partial charge in [-0.1, -0.05) is 218 Å². The number of hydrogen-bond donors (Lipinski definition) is 1. The van der Waals surface area contributed by atoms with Crippen molar-refractivity contribution in [2.24, 2.45) is 0 Å². The number of para-hydroxylation sites is 4. The van der Waals surface area contributed by atoms with E-state index in [1.165, 1.54) is 52.8 Å². The number of H-pyrrole nitrogens is 1. The highest BCUT2D eigenvalue weighted by Gasteiger charge is 2.26. The van der Waals surface area contributed by atoms with Crippen LogP contribution in [0.2, 0.25) is 5.28 Å². The standard InChI is InChI=1S/C38H21N3OS.C22H13NS.C16H9ClN2O/c1-2-12-22(13-3-1)34-32-26-17-7-10-20-29(26)42-37(32)40-38(39-34)41-28-19-9-6-16-25(28)31-23-14-4-5-15-24(23)36-33(35(31)41)27-18-8-11-21-30(27)43-36;1-2-8-14-13(7-1)19-15-9-3-5-11-17(15)23-21(19)20-16-10-4-6-12-18(16)24-22(14)20;17-16-18-14(10-6-2-1-3-7-10)13-11-8-4-5-9-12(11)20-15(13)19-16/h1-21H;1-12,23H;1-9H/i1D,2D,3D,12D,13D;;1D,2D,3D,6D,7D. The molecule has 0 fully saturated rings. The van der Waals surface area contributed by atoms with Crippen LogP contribution >= 0.6 is 34.3 Å². The van der Waals surface area contributed by atoms with E-state index in [2.05, 4.69) is 142 Å². The van der Waals surface area contributed by atoms with Gasteiger partial charge in [0.05, 0.1) is 52.4 Å². The Kier molecular flexibility index (Phi) is 9.15. The van der Waals surface area contributed by atoms with Gasteiger partial charge in [-0.15, -0.1) is 22.7 Å². The predicted molar refractivity (Wildman–Crippen MR) is 365 cm³/mol. The van der Waals surface area contributed by atoms with Gasteiger partial charge in [0, 0.05) is 100 Å². The van der Waals surface area contributed by atoms with E-state index < -0.39 is 36.3 Å². The van der Waals surface area contributed by atoms with E-state index >= 15 is 0 Å². The number of halogens is 1. The van der Waals surface area contributed by atoms with Crippen molar-refractivity contribution in [3.05, 3.63) is 260 Å². The van der Waals surface area contributed by atoms with Crippen molar-refractivity contribution in [1.82, 2.24) is 29.5 Å². The number of aromatic amines is 1. The zero-order valence-electron chi connectivity index (χ0n) is 55.2. The molecular formula is C76H43ClN6O2S2. The molecule has 0 bridgehead atoms. The Bertz CT molecular complexity index is 6780. The Balaban J connectivity index is 0.000000117. The molecule has 1 N–H and O–H groups in total. The van der Waals surface area contributed by atoms with E-state index in [4.69, 9.17) is 44.1 Å². The molecule has 0 saturated heterocycles. The summed E-state index contributed by atoms with van der Waals surface area (Å²) >= 11 is 9.63. The molecule has 11 heteroatoms. The van der Waals surface area contributed by atoms with Crippen LogP contribution < -0.4 is 0 Å². The first-order valence-corrected chi connectivity index (χ1v) is 29.9. The molecule has 0 aliphatic heterocycles. The first kappa shape index (κ1) is 40.5. The van der Waals surface area contributed by atoms with E-state index in [1.807, 2.05) is 58.4 Å². The lowest BCUT2D eigenvalue weighted by atomic mass is 10.00. The maximum absolute atomic E-state index is 8.92. The molecule has 0 radical (unpaired) electrons. The van der Waals surface area contributed by atoms with E-state index in [-0.39, 0.29) is 69.3 Å². The van der Waals surface area contributed by atoms with Gasteiger partial charge in [0.15, 0.2) is 0 Å². The molecule has 12 aromatic carbocycles. The van der Waals surface area contributed by atoms with Crippen LogP contribution in [0, 0.1) is 0 Å². The van der Waals surface area contributed by atoms with Crippen LogP contribution in [0.3, 0.4) is 0 Å². The summed E-state index contributed by atoms with van der Waals surface area (Å²) < 4.78 is 102. The number of aromatic nitrogens is 6. The molecule has 0 spiro atoms. The molecule has 87 heavy (non-hydrogen) atoms. The Morgan fingerprint density at radius 1 is 0.391 bits per heavy atom. The lowest BCUT2D eigenvalue weighted by Gasteiger charge is -2.11. The zero-order valence-corrected chi connectivity index (χ0v) is 47.6. The second-order valence-electron chi connectivity index (χ2n) is 21.0. The van der Waals surface area contributed by atoms with Crippen molar-refractivity contribution in [3.8, 4) is 28.5 Å². The van der Waals surface area contributed by atoms with Gasteiger partial charge in [0.25, 0.3) is 0 Å². The number of thiophene rings is 2.